The molecule has 1 aromatic rings. The van der Waals surface area contributed by atoms with Gasteiger partial charge in [0.1, 0.15) is 5.69 Å². The summed E-state index contributed by atoms with van der Waals surface area (Å²) in [5, 5.41) is 8.79. The van der Waals surface area contributed by atoms with Gasteiger partial charge in [-0.3, -0.25) is 4.90 Å². The predicted octanol–water partition coefficient (Wildman–Crippen LogP) is 2.38. The first kappa shape index (κ1) is 10.2. The van der Waals surface area contributed by atoms with Crippen molar-refractivity contribution in [2.75, 3.05) is 7.05 Å². The summed E-state index contributed by atoms with van der Waals surface area (Å²) < 4.78 is 0. The molecule has 2 aliphatic heterocycles. The molecule has 0 radical (unpaired) electrons. The Hall–Kier alpha value is -0.930. The molecule has 2 atom stereocenters. The number of rotatable bonds is 1. The molecule has 16 heavy (non-hydrogen) atoms. The van der Waals surface area contributed by atoms with Gasteiger partial charge in [0.05, 0.1) is 11.2 Å². The van der Waals surface area contributed by atoms with E-state index in [0.29, 0.717) is 17.1 Å². The molecule has 0 aromatic carbocycles. The summed E-state index contributed by atoms with van der Waals surface area (Å²) in [6, 6.07) is 3.03. The molecule has 3 heterocycles. The van der Waals surface area contributed by atoms with E-state index in [1.807, 2.05) is 6.07 Å². The van der Waals surface area contributed by atoms with Gasteiger partial charge in [-0.2, -0.15) is 5.10 Å². The van der Waals surface area contributed by atoms with Crippen molar-refractivity contribution in [1.82, 2.24) is 15.1 Å². The third-order valence-corrected chi connectivity index (χ3v) is 4.02. The highest BCUT2D eigenvalue weighted by atomic mass is 35.5. The molecule has 1 fully saturated rings. The zero-order chi connectivity index (χ0) is 11.1. The molecule has 3 rings (SSSR count). The van der Waals surface area contributed by atoms with Crippen molar-refractivity contribution in [2.24, 2.45) is 0 Å². The van der Waals surface area contributed by atoms with E-state index in [4.69, 9.17) is 11.6 Å². The third-order valence-electron chi connectivity index (χ3n) is 3.72. The molecule has 2 bridgehead atoms. The van der Waals surface area contributed by atoms with Gasteiger partial charge >= 0.3 is 0 Å². The van der Waals surface area contributed by atoms with Crippen LogP contribution in [0.2, 0.25) is 5.02 Å². The molecule has 4 heteroatoms. The highest BCUT2D eigenvalue weighted by Gasteiger charge is 2.34. The Morgan fingerprint density at radius 3 is 3.06 bits per heavy atom. The van der Waals surface area contributed by atoms with Crippen molar-refractivity contribution >= 4 is 17.2 Å². The van der Waals surface area contributed by atoms with Crippen LogP contribution in [0.4, 0.5) is 0 Å². The Morgan fingerprint density at radius 2 is 2.31 bits per heavy atom. The average Bonchev–Trinajstić information content (AvgIpc) is 2.53. The molecule has 2 unspecified atom stereocenters. The molecule has 2 aliphatic rings. The van der Waals surface area contributed by atoms with Gasteiger partial charge in [-0.25, -0.2) is 0 Å². The third kappa shape index (κ3) is 1.55. The molecule has 0 aliphatic carbocycles. The van der Waals surface area contributed by atoms with Crippen LogP contribution in [0.3, 0.4) is 0 Å². The Bertz CT molecular complexity index is 444. The molecule has 0 amide bonds. The number of halogens is 1. The second-order valence-electron chi connectivity index (χ2n) is 4.59. The number of hydrogen-bond acceptors (Lipinski definition) is 3. The van der Waals surface area contributed by atoms with Crippen molar-refractivity contribution in [3.8, 4) is 0 Å². The largest absolute Gasteiger partial charge is 0.297 e. The van der Waals surface area contributed by atoms with Crippen LogP contribution in [0.1, 0.15) is 25.0 Å². The fourth-order valence-electron chi connectivity index (χ4n) is 2.75. The van der Waals surface area contributed by atoms with E-state index in [1.165, 1.54) is 18.4 Å². The van der Waals surface area contributed by atoms with Crippen molar-refractivity contribution in [1.29, 1.82) is 0 Å². The minimum absolute atomic E-state index is 0.562. The normalized spacial score (nSPS) is 29.2. The first-order chi connectivity index (χ1) is 7.75. The van der Waals surface area contributed by atoms with Crippen molar-refractivity contribution in [3.05, 3.63) is 29.1 Å². The summed E-state index contributed by atoms with van der Waals surface area (Å²) in [5.41, 5.74) is 2.14. The minimum Gasteiger partial charge on any atom is -0.297 e. The predicted molar refractivity (Wildman–Crippen MR) is 64.2 cm³/mol. The Balaban J connectivity index is 1.98. The lowest BCUT2D eigenvalue weighted by molar-refractivity contribution is 0.264. The summed E-state index contributed by atoms with van der Waals surface area (Å²) in [4.78, 5) is 2.45. The SMILES string of the molecule is CN1C2C=C(c3nnccc3Cl)CC1CC2. The Morgan fingerprint density at radius 1 is 1.44 bits per heavy atom. The van der Waals surface area contributed by atoms with Gasteiger partial charge in [0, 0.05) is 12.1 Å². The molecular weight excluding hydrogens is 222 g/mol. The van der Waals surface area contributed by atoms with Crippen LogP contribution in [-0.2, 0) is 0 Å². The van der Waals surface area contributed by atoms with Gasteiger partial charge in [0.25, 0.3) is 0 Å². The number of likely N-dealkylation sites (N-methyl/N-ethyl adjacent to an activating group) is 1. The quantitative estimate of drug-likeness (QED) is 0.749. The van der Waals surface area contributed by atoms with Gasteiger partial charge in [-0.05, 0) is 37.9 Å². The number of aromatic nitrogens is 2. The minimum atomic E-state index is 0.562. The zero-order valence-corrected chi connectivity index (χ0v) is 9.98. The van der Waals surface area contributed by atoms with Crippen LogP contribution >= 0.6 is 11.6 Å². The van der Waals surface area contributed by atoms with Crippen LogP contribution in [0.25, 0.3) is 5.57 Å². The fraction of sp³-hybridized carbons (Fsp3) is 0.500. The summed E-state index contributed by atoms with van der Waals surface area (Å²) in [5.74, 6) is 0. The first-order valence-corrected chi connectivity index (χ1v) is 6.03. The summed E-state index contributed by atoms with van der Waals surface area (Å²) in [6.45, 7) is 0. The first-order valence-electron chi connectivity index (χ1n) is 5.66. The molecule has 84 valence electrons. The lowest BCUT2D eigenvalue weighted by atomic mass is 9.99. The van der Waals surface area contributed by atoms with Crippen LogP contribution in [-0.4, -0.2) is 34.2 Å². The molecule has 1 aromatic heterocycles. The van der Waals surface area contributed by atoms with Crippen LogP contribution < -0.4 is 0 Å². The summed E-state index contributed by atoms with van der Waals surface area (Å²) in [7, 11) is 2.20. The van der Waals surface area contributed by atoms with Gasteiger partial charge in [-0.15, -0.1) is 5.10 Å². The lowest BCUT2D eigenvalue weighted by Crippen LogP contribution is -2.34. The second-order valence-corrected chi connectivity index (χ2v) is 4.99. The van der Waals surface area contributed by atoms with Gasteiger partial charge < -0.3 is 0 Å². The van der Waals surface area contributed by atoms with E-state index in [2.05, 4.69) is 28.2 Å². The van der Waals surface area contributed by atoms with E-state index in [0.717, 1.165) is 12.1 Å². The zero-order valence-electron chi connectivity index (χ0n) is 9.23. The molecule has 0 saturated carbocycles. The van der Waals surface area contributed by atoms with Crippen LogP contribution in [0, 0.1) is 0 Å². The Labute approximate surface area is 100 Å². The average molecular weight is 236 g/mol. The molecule has 3 nitrogen and oxygen atoms in total. The maximum Gasteiger partial charge on any atom is 0.107 e. The number of fused-ring (bicyclic) bond motifs is 2. The van der Waals surface area contributed by atoms with Gasteiger partial charge in [0.2, 0.25) is 0 Å². The fourth-order valence-corrected chi connectivity index (χ4v) is 2.97. The summed E-state index contributed by atoms with van der Waals surface area (Å²) in [6.07, 6.45) is 7.52. The van der Waals surface area contributed by atoms with E-state index in [9.17, 15) is 0 Å². The van der Waals surface area contributed by atoms with Crippen molar-refractivity contribution in [3.63, 3.8) is 0 Å². The summed E-state index contributed by atoms with van der Waals surface area (Å²) >= 11 is 6.15. The smallest absolute Gasteiger partial charge is 0.107 e. The lowest BCUT2D eigenvalue weighted by Gasteiger charge is -2.30. The topological polar surface area (TPSA) is 29.0 Å². The van der Waals surface area contributed by atoms with E-state index in [1.54, 1.807) is 6.20 Å². The second kappa shape index (κ2) is 3.82. The number of nitrogens with zero attached hydrogens (tertiary/aromatic N) is 3. The number of hydrogen-bond donors (Lipinski definition) is 0. The Kier molecular flexibility index (Phi) is 2.45. The van der Waals surface area contributed by atoms with Crippen LogP contribution in [0.5, 0.6) is 0 Å². The van der Waals surface area contributed by atoms with Gasteiger partial charge in [-0.1, -0.05) is 17.7 Å². The van der Waals surface area contributed by atoms with Gasteiger partial charge in [0.15, 0.2) is 0 Å². The highest BCUT2D eigenvalue weighted by Crippen LogP contribution is 2.38. The molecule has 0 spiro atoms. The van der Waals surface area contributed by atoms with E-state index in [-0.39, 0.29) is 0 Å². The maximum atomic E-state index is 6.15. The standard InChI is InChI=1S/C12H14ClN3/c1-16-9-2-3-10(16)7-8(6-9)12-11(13)4-5-14-15-12/h4-6,9-10H,2-3,7H2,1H3. The highest BCUT2D eigenvalue weighted by molar-refractivity contribution is 6.32. The van der Waals surface area contributed by atoms with Crippen molar-refractivity contribution < 1.29 is 0 Å². The van der Waals surface area contributed by atoms with Crippen molar-refractivity contribution in [2.45, 2.75) is 31.3 Å². The maximum absolute atomic E-state index is 6.15. The molecule has 0 N–H and O–H groups in total. The molecular formula is C12H14ClN3. The molecule has 1 saturated heterocycles. The van der Waals surface area contributed by atoms with E-state index < -0.39 is 0 Å². The van der Waals surface area contributed by atoms with E-state index >= 15 is 0 Å². The van der Waals surface area contributed by atoms with Crippen LogP contribution in [0.15, 0.2) is 18.3 Å². The monoisotopic (exact) mass is 235 g/mol.